The molecule has 2 heteroatoms. The number of aliphatic hydroxyl groups is 1. The molecule has 84 valence electrons. The quantitative estimate of drug-likeness (QED) is 0.692. The first-order chi connectivity index (χ1) is 7.27. The SMILES string of the molecule is OC1(CNC2CC3CC=CC32)CCCC1. The van der Waals surface area contributed by atoms with Crippen LogP contribution in [0.15, 0.2) is 12.2 Å². The van der Waals surface area contributed by atoms with Gasteiger partial charge in [0.2, 0.25) is 0 Å². The summed E-state index contributed by atoms with van der Waals surface area (Å²) in [5.41, 5.74) is -0.382. The van der Waals surface area contributed by atoms with Gasteiger partial charge in [-0.25, -0.2) is 0 Å². The molecule has 0 aromatic carbocycles. The van der Waals surface area contributed by atoms with Crippen LogP contribution in [0.2, 0.25) is 0 Å². The number of nitrogens with one attached hydrogen (secondary N) is 1. The van der Waals surface area contributed by atoms with E-state index in [1.807, 2.05) is 0 Å². The first-order valence-corrected chi connectivity index (χ1v) is 6.39. The molecule has 15 heavy (non-hydrogen) atoms. The Labute approximate surface area is 91.8 Å². The molecule has 0 heterocycles. The van der Waals surface area contributed by atoms with E-state index < -0.39 is 0 Å². The van der Waals surface area contributed by atoms with Gasteiger partial charge in [-0.1, -0.05) is 25.0 Å². The number of hydrogen-bond donors (Lipinski definition) is 2. The molecule has 3 aliphatic carbocycles. The van der Waals surface area contributed by atoms with Crippen LogP contribution < -0.4 is 5.32 Å². The van der Waals surface area contributed by atoms with E-state index in [1.54, 1.807) is 0 Å². The second-order valence-corrected chi connectivity index (χ2v) is 5.66. The van der Waals surface area contributed by atoms with Gasteiger partial charge in [-0.05, 0) is 37.5 Å². The molecule has 2 fully saturated rings. The Morgan fingerprint density at radius 2 is 2.13 bits per heavy atom. The average molecular weight is 207 g/mol. The zero-order valence-electron chi connectivity index (χ0n) is 9.28. The van der Waals surface area contributed by atoms with Crippen molar-refractivity contribution in [1.29, 1.82) is 0 Å². The van der Waals surface area contributed by atoms with Crippen LogP contribution in [0.25, 0.3) is 0 Å². The highest BCUT2D eigenvalue weighted by atomic mass is 16.3. The minimum absolute atomic E-state index is 0.382. The van der Waals surface area contributed by atoms with E-state index in [9.17, 15) is 5.11 Å². The number of rotatable bonds is 3. The number of fused-ring (bicyclic) bond motifs is 1. The fourth-order valence-corrected chi connectivity index (χ4v) is 3.48. The summed E-state index contributed by atoms with van der Waals surface area (Å²) < 4.78 is 0. The molecule has 2 nitrogen and oxygen atoms in total. The van der Waals surface area contributed by atoms with Crippen molar-refractivity contribution in [3.05, 3.63) is 12.2 Å². The molecule has 0 radical (unpaired) electrons. The molecule has 3 rings (SSSR count). The zero-order chi connectivity index (χ0) is 10.3. The lowest BCUT2D eigenvalue weighted by atomic mass is 9.71. The molecule has 3 aliphatic rings. The third-order valence-corrected chi connectivity index (χ3v) is 4.59. The van der Waals surface area contributed by atoms with Crippen LogP contribution in [0.1, 0.15) is 38.5 Å². The van der Waals surface area contributed by atoms with E-state index in [0.29, 0.717) is 6.04 Å². The van der Waals surface area contributed by atoms with Gasteiger partial charge in [-0.15, -0.1) is 0 Å². The molecule has 0 amide bonds. The normalized spacial score (nSPS) is 41.5. The van der Waals surface area contributed by atoms with Gasteiger partial charge in [0.15, 0.2) is 0 Å². The predicted octanol–water partition coefficient (Wildman–Crippen LogP) is 1.85. The maximum Gasteiger partial charge on any atom is 0.0771 e. The van der Waals surface area contributed by atoms with Gasteiger partial charge in [0.25, 0.3) is 0 Å². The fraction of sp³-hybridized carbons (Fsp3) is 0.846. The topological polar surface area (TPSA) is 32.3 Å². The highest BCUT2D eigenvalue weighted by molar-refractivity contribution is 5.13. The maximum absolute atomic E-state index is 10.2. The van der Waals surface area contributed by atoms with Crippen LogP contribution in [0.5, 0.6) is 0 Å². The molecule has 2 saturated carbocycles. The Kier molecular flexibility index (Phi) is 2.37. The summed E-state index contributed by atoms with van der Waals surface area (Å²) in [6.07, 6.45) is 11.7. The van der Waals surface area contributed by atoms with Crippen LogP contribution in [-0.4, -0.2) is 23.3 Å². The van der Waals surface area contributed by atoms with Gasteiger partial charge >= 0.3 is 0 Å². The summed E-state index contributed by atoms with van der Waals surface area (Å²) >= 11 is 0. The van der Waals surface area contributed by atoms with E-state index in [-0.39, 0.29) is 5.60 Å². The largest absolute Gasteiger partial charge is 0.389 e. The third kappa shape index (κ3) is 1.74. The summed E-state index contributed by atoms with van der Waals surface area (Å²) in [4.78, 5) is 0. The Morgan fingerprint density at radius 3 is 2.87 bits per heavy atom. The van der Waals surface area contributed by atoms with Gasteiger partial charge < -0.3 is 10.4 Å². The Morgan fingerprint density at radius 1 is 1.33 bits per heavy atom. The number of hydrogen-bond acceptors (Lipinski definition) is 2. The van der Waals surface area contributed by atoms with Crippen molar-refractivity contribution in [3.63, 3.8) is 0 Å². The van der Waals surface area contributed by atoms with Gasteiger partial charge in [0.05, 0.1) is 5.60 Å². The molecule has 3 unspecified atom stereocenters. The van der Waals surface area contributed by atoms with Crippen LogP contribution in [-0.2, 0) is 0 Å². The van der Waals surface area contributed by atoms with Crippen LogP contribution in [0.3, 0.4) is 0 Å². The second-order valence-electron chi connectivity index (χ2n) is 5.66. The molecule has 0 aromatic heterocycles. The second kappa shape index (κ2) is 3.60. The summed E-state index contributed by atoms with van der Waals surface area (Å²) in [6, 6.07) is 0.651. The van der Waals surface area contributed by atoms with Crippen molar-refractivity contribution in [2.75, 3.05) is 6.54 Å². The first-order valence-electron chi connectivity index (χ1n) is 6.39. The van der Waals surface area contributed by atoms with E-state index in [2.05, 4.69) is 17.5 Å². The lowest BCUT2D eigenvalue weighted by molar-refractivity contribution is 0.0331. The standard InChI is InChI=1S/C13H21NO/c15-13(6-1-2-7-13)9-14-12-8-10-4-3-5-11(10)12/h3,5,10-12,14-15H,1-2,4,6-9H2. The minimum atomic E-state index is -0.382. The molecular formula is C13H21NO. The summed E-state index contributed by atoms with van der Waals surface area (Å²) in [7, 11) is 0. The van der Waals surface area contributed by atoms with Crippen LogP contribution >= 0.6 is 0 Å². The van der Waals surface area contributed by atoms with Gasteiger partial charge in [0, 0.05) is 12.6 Å². The van der Waals surface area contributed by atoms with Crippen molar-refractivity contribution in [3.8, 4) is 0 Å². The Balaban J connectivity index is 1.48. The Bertz CT molecular complexity index is 268. The van der Waals surface area contributed by atoms with E-state index in [0.717, 1.165) is 31.2 Å². The van der Waals surface area contributed by atoms with E-state index in [1.165, 1.54) is 25.7 Å². The molecular weight excluding hydrogens is 186 g/mol. The minimum Gasteiger partial charge on any atom is -0.389 e. The van der Waals surface area contributed by atoms with E-state index in [4.69, 9.17) is 0 Å². The molecule has 0 aliphatic heterocycles. The van der Waals surface area contributed by atoms with Crippen molar-refractivity contribution in [2.24, 2.45) is 11.8 Å². The summed E-state index contributed by atoms with van der Waals surface area (Å²) in [5.74, 6) is 1.69. The third-order valence-electron chi connectivity index (χ3n) is 4.59. The average Bonchev–Trinajstić information content (AvgIpc) is 2.75. The van der Waals surface area contributed by atoms with Crippen LogP contribution in [0, 0.1) is 11.8 Å². The van der Waals surface area contributed by atoms with Gasteiger partial charge in [-0.2, -0.15) is 0 Å². The zero-order valence-corrected chi connectivity index (χ0v) is 9.28. The van der Waals surface area contributed by atoms with Crippen LogP contribution in [0.4, 0.5) is 0 Å². The fourth-order valence-electron chi connectivity index (χ4n) is 3.48. The van der Waals surface area contributed by atoms with Crippen molar-refractivity contribution in [1.82, 2.24) is 5.32 Å². The van der Waals surface area contributed by atoms with Crippen molar-refractivity contribution in [2.45, 2.75) is 50.2 Å². The summed E-state index contributed by atoms with van der Waals surface area (Å²) in [5, 5.41) is 13.8. The lowest BCUT2D eigenvalue weighted by Gasteiger charge is -2.42. The Hall–Kier alpha value is -0.340. The van der Waals surface area contributed by atoms with Crippen molar-refractivity contribution < 1.29 is 5.11 Å². The highest BCUT2D eigenvalue weighted by Crippen LogP contribution is 2.43. The molecule has 0 spiro atoms. The number of allylic oxidation sites excluding steroid dienone is 1. The van der Waals surface area contributed by atoms with E-state index >= 15 is 0 Å². The lowest BCUT2D eigenvalue weighted by Crippen LogP contribution is -2.52. The maximum atomic E-state index is 10.2. The predicted molar refractivity (Wildman–Crippen MR) is 60.6 cm³/mol. The smallest absolute Gasteiger partial charge is 0.0771 e. The highest BCUT2D eigenvalue weighted by Gasteiger charge is 2.42. The molecule has 0 aromatic rings. The van der Waals surface area contributed by atoms with Gasteiger partial charge in [0.1, 0.15) is 0 Å². The monoisotopic (exact) mass is 207 g/mol. The molecule has 0 bridgehead atoms. The van der Waals surface area contributed by atoms with Gasteiger partial charge in [-0.3, -0.25) is 0 Å². The van der Waals surface area contributed by atoms with Crippen molar-refractivity contribution >= 4 is 0 Å². The first kappa shape index (κ1) is 9.86. The molecule has 0 saturated heterocycles. The molecule has 2 N–H and O–H groups in total. The molecule has 3 atom stereocenters. The summed E-state index contributed by atoms with van der Waals surface area (Å²) in [6.45, 7) is 0.814.